The largest absolute Gasteiger partial charge is 1.00 e. The summed E-state index contributed by atoms with van der Waals surface area (Å²) >= 11 is 0. The zero-order valence-corrected chi connectivity index (χ0v) is 14.8. The quantitative estimate of drug-likeness (QED) is 0.532. The van der Waals surface area contributed by atoms with Gasteiger partial charge in [-0.1, -0.05) is 26.5 Å². The van der Waals surface area contributed by atoms with Crippen LogP contribution < -0.4 is 17.0 Å². The molecule has 114 valence electrons. The molecule has 0 radical (unpaired) electrons. The molecule has 0 N–H and O–H groups in total. The third-order valence-electron chi connectivity index (χ3n) is 6.38. The van der Waals surface area contributed by atoms with E-state index in [1.54, 1.807) is 5.57 Å². The molecule has 2 atom stereocenters. The molecular weight excluding hydrogens is 310 g/mol. The van der Waals surface area contributed by atoms with Crippen molar-refractivity contribution in [1.82, 2.24) is 0 Å². The molecule has 4 aliphatic rings. The molecule has 4 rings (SSSR count). The number of allylic oxidation sites excluding steroid dienone is 1. The van der Waals surface area contributed by atoms with Crippen molar-refractivity contribution in [3.63, 3.8) is 0 Å². The van der Waals surface area contributed by atoms with Crippen LogP contribution in [0.5, 0.6) is 0 Å². The van der Waals surface area contributed by atoms with Gasteiger partial charge in [-0.15, -0.1) is 0 Å². The number of hydrogen-bond donors (Lipinski definition) is 0. The van der Waals surface area contributed by atoms with E-state index in [0.717, 1.165) is 11.8 Å². The molecule has 1 nitrogen and oxygen atoms in total. The van der Waals surface area contributed by atoms with Crippen LogP contribution in [0.4, 0.5) is 0 Å². The van der Waals surface area contributed by atoms with E-state index in [4.69, 9.17) is 0 Å². The van der Waals surface area contributed by atoms with Crippen molar-refractivity contribution < 1.29 is 21.5 Å². The molecule has 20 heavy (non-hydrogen) atoms. The first-order valence-electron chi connectivity index (χ1n) is 8.22. The van der Waals surface area contributed by atoms with E-state index >= 15 is 0 Å². The van der Waals surface area contributed by atoms with E-state index < -0.39 is 0 Å². The van der Waals surface area contributed by atoms with E-state index in [9.17, 15) is 0 Å². The third-order valence-corrected chi connectivity index (χ3v) is 6.38. The average molecular weight is 340 g/mol. The first-order valence-corrected chi connectivity index (χ1v) is 8.22. The minimum atomic E-state index is 0. The van der Waals surface area contributed by atoms with Gasteiger partial charge >= 0.3 is 0 Å². The van der Waals surface area contributed by atoms with Crippen molar-refractivity contribution in [1.29, 1.82) is 0 Å². The summed E-state index contributed by atoms with van der Waals surface area (Å²) in [7, 11) is 0. The number of hydrogen-bond acceptors (Lipinski definition) is 0. The van der Waals surface area contributed by atoms with Gasteiger partial charge in [-0.05, 0) is 61.0 Å². The summed E-state index contributed by atoms with van der Waals surface area (Å²) < 4.78 is 1.30. The molecule has 0 amide bonds. The molecule has 1 saturated heterocycles. The highest BCUT2D eigenvalue weighted by atomic mass is 79.9. The molecule has 1 heterocycles. The van der Waals surface area contributed by atoms with E-state index in [1.807, 2.05) is 0 Å². The average Bonchev–Trinajstić information content (AvgIpc) is 2.40. The Morgan fingerprint density at radius 3 is 2.55 bits per heavy atom. The third kappa shape index (κ3) is 2.66. The first kappa shape index (κ1) is 16.3. The maximum atomic E-state index is 4.02. The fraction of sp³-hybridized carbons (Fsp3) is 0.778. The van der Waals surface area contributed by atoms with Crippen LogP contribution in [0.1, 0.15) is 46.0 Å². The lowest BCUT2D eigenvalue weighted by atomic mass is 9.49. The normalized spacial score (nSPS) is 33.4. The molecule has 1 aliphatic heterocycles. The van der Waals surface area contributed by atoms with Crippen molar-refractivity contribution >= 4 is 0 Å². The van der Waals surface area contributed by atoms with Crippen LogP contribution in [0.15, 0.2) is 24.3 Å². The van der Waals surface area contributed by atoms with Crippen LogP contribution in [0, 0.1) is 17.3 Å². The first-order chi connectivity index (χ1) is 9.07. The zero-order valence-electron chi connectivity index (χ0n) is 13.2. The van der Waals surface area contributed by atoms with Gasteiger partial charge in [0, 0.05) is 0 Å². The van der Waals surface area contributed by atoms with E-state index in [0.29, 0.717) is 5.41 Å². The molecule has 0 aromatic heterocycles. The Morgan fingerprint density at radius 2 is 2.00 bits per heavy atom. The van der Waals surface area contributed by atoms with Crippen LogP contribution in [0.25, 0.3) is 0 Å². The summed E-state index contributed by atoms with van der Waals surface area (Å²) in [6, 6.07) is 0. The van der Waals surface area contributed by atoms with Gasteiger partial charge in [-0.3, -0.25) is 0 Å². The highest BCUT2D eigenvalue weighted by Crippen LogP contribution is 2.59. The van der Waals surface area contributed by atoms with Gasteiger partial charge < -0.3 is 21.5 Å². The second-order valence-corrected chi connectivity index (χ2v) is 7.80. The molecule has 0 spiro atoms. The number of nitrogens with zero attached hydrogens (tertiary/aromatic N) is 1. The summed E-state index contributed by atoms with van der Waals surface area (Å²) in [5.41, 5.74) is 2.37. The minimum absolute atomic E-state index is 0. The number of fused-ring (bicyclic) bond motifs is 1. The summed E-state index contributed by atoms with van der Waals surface area (Å²) in [4.78, 5) is 0. The van der Waals surface area contributed by atoms with Crippen LogP contribution >= 0.6 is 0 Å². The predicted molar refractivity (Wildman–Crippen MR) is 81.9 cm³/mol. The van der Waals surface area contributed by atoms with Gasteiger partial charge in [0.15, 0.2) is 0 Å². The predicted octanol–water partition coefficient (Wildman–Crippen LogP) is 1.17. The fourth-order valence-corrected chi connectivity index (χ4v) is 4.91. The molecule has 1 saturated carbocycles. The Morgan fingerprint density at radius 1 is 1.30 bits per heavy atom. The lowest BCUT2D eigenvalue weighted by molar-refractivity contribution is -0.923. The van der Waals surface area contributed by atoms with E-state index in [-0.39, 0.29) is 17.0 Å². The highest BCUT2D eigenvalue weighted by molar-refractivity contribution is 5.23. The maximum Gasteiger partial charge on any atom is 0.101 e. The Hall–Kier alpha value is -0.0800. The lowest BCUT2D eigenvalue weighted by Gasteiger charge is -2.57. The van der Waals surface area contributed by atoms with Crippen LogP contribution in [0.3, 0.4) is 0 Å². The van der Waals surface area contributed by atoms with Gasteiger partial charge in [-0.25, -0.2) is 0 Å². The van der Waals surface area contributed by atoms with E-state index in [1.165, 1.54) is 62.8 Å². The van der Waals surface area contributed by atoms with Gasteiger partial charge in [-0.2, -0.15) is 0 Å². The molecule has 2 heteroatoms. The SMILES string of the molecule is C=CC[N+]1(CC2=CCC3CC2C3(C)C)CCCCC1.[Br-]. The Balaban J connectivity index is 0.00000147. The molecule has 2 bridgehead atoms. The standard InChI is InChI=1S/C18H30N.BrH/c1-4-10-19(11-6-5-7-12-19)14-15-8-9-16-13-17(15)18(16,2)3;/h4,8,16-17H,1,5-7,9-14H2,2-3H3;1H/q+1;/p-1. The van der Waals surface area contributed by atoms with Crippen molar-refractivity contribution in [3.05, 3.63) is 24.3 Å². The molecule has 2 fully saturated rings. The fourth-order valence-electron chi connectivity index (χ4n) is 4.91. The molecule has 2 unspecified atom stereocenters. The summed E-state index contributed by atoms with van der Waals surface area (Å²) in [6.45, 7) is 14.2. The van der Waals surface area contributed by atoms with E-state index in [2.05, 4.69) is 32.6 Å². The van der Waals surface area contributed by atoms with Gasteiger partial charge in [0.25, 0.3) is 0 Å². The summed E-state index contributed by atoms with van der Waals surface area (Å²) in [6.07, 6.45) is 11.8. The highest BCUT2D eigenvalue weighted by Gasteiger charge is 2.52. The lowest BCUT2D eigenvalue weighted by Crippen LogP contribution is -3.00. The topological polar surface area (TPSA) is 0 Å². The summed E-state index contributed by atoms with van der Waals surface area (Å²) in [5.74, 6) is 1.85. The maximum absolute atomic E-state index is 4.02. The second kappa shape index (κ2) is 5.96. The number of likely N-dealkylation sites (tertiary alicyclic amines) is 1. The molecule has 0 aromatic rings. The Labute approximate surface area is 135 Å². The summed E-state index contributed by atoms with van der Waals surface area (Å²) in [5, 5.41) is 0. The monoisotopic (exact) mass is 339 g/mol. The van der Waals surface area contributed by atoms with Gasteiger partial charge in [0.1, 0.15) is 6.54 Å². The Bertz CT molecular complexity index is 390. The van der Waals surface area contributed by atoms with Crippen LogP contribution in [-0.2, 0) is 0 Å². The minimum Gasteiger partial charge on any atom is -1.00 e. The van der Waals surface area contributed by atoms with Gasteiger partial charge in [0.2, 0.25) is 0 Å². The van der Waals surface area contributed by atoms with Gasteiger partial charge in [0.05, 0.1) is 19.6 Å². The molecular formula is C18H30BrN. The van der Waals surface area contributed by atoms with Crippen molar-refractivity contribution in [2.24, 2.45) is 17.3 Å². The van der Waals surface area contributed by atoms with Crippen molar-refractivity contribution in [2.75, 3.05) is 26.2 Å². The molecule has 0 aromatic carbocycles. The Kier molecular flexibility index (Phi) is 4.86. The van der Waals surface area contributed by atoms with Crippen LogP contribution in [0.2, 0.25) is 0 Å². The smallest absolute Gasteiger partial charge is 0.101 e. The number of halogens is 1. The van der Waals surface area contributed by atoms with Crippen LogP contribution in [-0.4, -0.2) is 30.7 Å². The molecule has 3 aliphatic carbocycles. The van der Waals surface area contributed by atoms with Crippen molar-refractivity contribution in [3.8, 4) is 0 Å². The zero-order chi connectivity index (χ0) is 13.5. The second-order valence-electron chi connectivity index (χ2n) is 7.80. The number of quaternary nitrogens is 1. The number of piperidine rings is 1. The number of rotatable bonds is 4. The van der Waals surface area contributed by atoms with Crippen molar-refractivity contribution in [2.45, 2.75) is 46.0 Å².